The highest BCUT2D eigenvalue weighted by Crippen LogP contribution is 2.30. The number of nitrogens with zero attached hydrogens (tertiary/aromatic N) is 1. The van der Waals surface area contributed by atoms with Crippen molar-refractivity contribution < 1.29 is 19.4 Å². The number of piperidine rings is 1. The van der Waals surface area contributed by atoms with Crippen molar-refractivity contribution in [2.24, 2.45) is 0 Å². The average molecular weight is 254 g/mol. The van der Waals surface area contributed by atoms with Crippen LogP contribution in [0.5, 0.6) is 0 Å². The van der Waals surface area contributed by atoms with E-state index in [0.717, 1.165) is 12.5 Å². The van der Waals surface area contributed by atoms with Gasteiger partial charge in [0.05, 0.1) is 17.5 Å². The van der Waals surface area contributed by atoms with Gasteiger partial charge in [-0.1, -0.05) is 0 Å². The Morgan fingerprint density at radius 2 is 2.22 bits per heavy atom. The molecule has 0 aliphatic carbocycles. The SMILES string of the molecule is Nc1c(F)ccc(N2CCCC(O)C2)c1C(=O)O. The van der Waals surface area contributed by atoms with Crippen LogP contribution in [0.1, 0.15) is 23.2 Å². The first-order valence-electron chi connectivity index (χ1n) is 5.75. The van der Waals surface area contributed by atoms with E-state index in [9.17, 15) is 14.3 Å². The van der Waals surface area contributed by atoms with Crippen LogP contribution >= 0.6 is 0 Å². The number of β-amino-alcohol motifs (C(OH)–C–C–N with tert-alkyl or cyclic N) is 1. The molecule has 6 heteroatoms. The molecule has 1 atom stereocenters. The average Bonchev–Trinajstić information content (AvgIpc) is 2.32. The molecule has 1 heterocycles. The fourth-order valence-electron chi connectivity index (χ4n) is 2.24. The predicted octanol–water partition coefficient (Wildman–Crippen LogP) is 1.07. The lowest BCUT2D eigenvalue weighted by Gasteiger charge is -2.33. The number of aromatic carboxylic acids is 1. The largest absolute Gasteiger partial charge is 0.478 e. The van der Waals surface area contributed by atoms with E-state index in [2.05, 4.69) is 0 Å². The van der Waals surface area contributed by atoms with Gasteiger partial charge in [-0.3, -0.25) is 0 Å². The number of carboxylic acid groups (broad SMARTS) is 1. The fraction of sp³-hybridized carbons (Fsp3) is 0.417. The number of carbonyl (C=O) groups is 1. The van der Waals surface area contributed by atoms with Crippen LogP contribution in [0.4, 0.5) is 15.8 Å². The van der Waals surface area contributed by atoms with E-state index in [0.29, 0.717) is 25.2 Å². The van der Waals surface area contributed by atoms with Crippen LogP contribution in [0.25, 0.3) is 0 Å². The minimum Gasteiger partial charge on any atom is -0.478 e. The molecular weight excluding hydrogens is 239 g/mol. The second-order valence-corrected chi connectivity index (χ2v) is 4.40. The molecule has 0 aromatic heterocycles. The van der Waals surface area contributed by atoms with Crippen molar-refractivity contribution >= 4 is 17.3 Å². The molecule has 0 saturated carbocycles. The summed E-state index contributed by atoms with van der Waals surface area (Å²) in [6, 6.07) is 2.55. The van der Waals surface area contributed by atoms with Crippen LogP contribution in [0.3, 0.4) is 0 Å². The number of anilines is 2. The number of halogens is 1. The van der Waals surface area contributed by atoms with Gasteiger partial charge in [-0.2, -0.15) is 0 Å². The maximum Gasteiger partial charge on any atom is 0.340 e. The first-order chi connectivity index (χ1) is 8.50. The van der Waals surface area contributed by atoms with E-state index in [1.807, 2.05) is 0 Å². The van der Waals surface area contributed by atoms with Crippen LogP contribution in [0, 0.1) is 5.82 Å². The molecule has 1 saturated heterocycles. The van der Waals surface area contributed by atoms with Crippen molar-refractivity contribution in [1.82, 2.24) is 0 Å². The van der Waals surface area contributed by atoms with E-state index in [1.54, 1.807) is 4.90 Å². The molecule has 1 fully saturated rings. The van der Waals surface area contributed by atoms with E-state index in [-0.39, 0.29) is 11.3 Å². The molecule has 18 heavy (non-hydrogen) atoms. The van der Waals surface area contributed by atoms with Crippen LogP contribution in [-0.2, 0) is 0 Å². The normalized spacial score (nSPS) is 19.9. The number of rotatable bonds is 2. The highest BCUT2D eigenvalue weighted by Gasteiger charge is 2.25. The quantitative estimate of drug-likeness (QED) is 0.687. The first-order valence-corrected chi connectivity index (χ1v) is 5.75. The third-order valence-electron chi connectivity index (χ3n) is 3.12. The molecule has 1 aromatic carbocycles. The second-order valence-electron chi connectivity index (χ2n) is 4.40. The lowest BCUT2D eigenvalue weighted by Crippen LogP contribution is -2.39. The molecule has 1 aliphatic heterocycles. The van der Waals surface area contributed by atoms with Crippen LogP contribution in [0.2, 0.25) is 0 Å². The summed E-state index contributed by atoms with van der Waals surface area (Å²) in [5, 5.41) is 18.7. The van der Waals surface area contributed by atoms with Gasteiger partial charge in [-0.25, -0.2) is 9.18 Å². The van der Waals surface area contributed by atoms with Crippen molar-refractivity contribution in [1.29, 1.82) is 0 Å². The van der Waals surface area contributed by atoms with Gasteiger partial charge in [0.1, 0.15) is 11.4 Å². The third-order valence-corrected chi connectivity index (χ3v) is 3.12. The molecule has 0 bridgehead atoms. The summed E-state index contributed by atoms with van der Waals surface area (Å²) in [4.78, 5) is 12.9. The number of aliphatic hydroxyl groups is 1. The Balaban J connectivity index is 2.43. The molecule has 98 valence electrons. The number of nitrogen functional groups attached to an aromatic ring is 1. The molecule has 1 aromatic rings. The molecule has 4 N–H and O–H groups in total. The van der Waals surface area contributed by atoms with E-state index in [4.69, 9.17) is 10.8 Å². The number of carboxylic acids is 1. The minimum absolute atomic E-state index is 0.232. The Labute approximate surface area is 104 Å². The maximum absolute atomic E-state index is 13.3. The van der Waals surface area contributed by atoms with Gasteiger partial charge in [0.25, 0.3) is 0 Å². The highest BCUT2D eigenvalue weighted by atomic mass is 19.1. The molecule has 2 rings (SSSR count). The first kappa shape index (κ1) is 12.6. The van der Waals surface area contributed by atoms with Crippen molar-refractivity contribution in [2.75, 3.05) is 23.7 Å². The van der Waals surface area contributed by atoms with Gasteiger partial charge in [-0.15, -0.1) is 0 Å². The Kier molecular flexibility index (Phi) is 3.38. The highest BCUT2D eigenvalue weighted by molar-refractivity contribution is 6.00. The van der Waals surface area contributed by atoms with Gasteiger partial charge in [0.2, 0.25) is 0 Å². The summed E-state index contributed by atoms with van der Waals surface area (Å²) in [6.07, 6.45) is 0.958. The van der Waals surface area contributed by atoms with Crippen LogP contribution in [0.15, 0.2) is 12.1 Å². The maximum atomic E-state index is 13.3. The summed E-state index contributed by atoms with van der Waals surface area (Å²) in [5.74, 6) is -2.00. The molecule has 0 radical (unpaired) electrons. The topological polar surface area (TPSA) is 86.8 Å². The number of benzene rings is 1. The third kappa shape index (κ3) is 2.24. The lowest BCUT2D eigenvalue weighted by atomic mass is 10.0. The number of aliphatic hydroxyl groups excluding tert-OH is 1. The van der Waals surface area contributed by atoms with Crippen molar-refractivity contribution in [2.45, 2.75) is 18.9 Å². The van der Waals surface area contributed by atoms with E-state index in [1.165, 1.54) is 6.07 Å². The lowest BCUT2D eigenvalue weighted by molar-refractivity contribution is 0.0697. The summed E-state index contributed by atoms with van der Waals surface area (Å²) < 4.78 is 13.3. The zero-order chi connectivity index (χ0) is 13.3. The Hall–Kier alpha value is -1.82. The van der Waals surface area contributed by atoms with Gasteiger partial charge in [-0.05, 0) is 25.0 Å². The monoisotopic (exact) mass is 254 g/mol. The number of hydrogen-bond acceptors (Lipinski definition) is 4. The van der Waals surface area contributed by atoms with Crippen LogP contribution < -0.4 is 10.6 Å². The summed E-state index contributed by atoms with van der Waals surface area (Å²) in [5.41, 5.74) is 5.25. The smallest absolute Gasteiger partial charge is 0.340 e. The molecule has 0 spiro atoms. The second kappa shape index (κ2) is 4.81. The van der Waals surface area contributed by atoms with Crippen molar-refractivity contribution in [3.8, 4) is 0 Å². The van der Waals surface area contributed by atoms with E-state index < -0.39 is 17.9 Å². The minimum atomic E-state index is -1.26. The molecule has 0 amide bonds. The Morgan fingerprint density at radius 1 is 1.50 bits per heavy atom. The summed E-state index contributed by atoms with van der Waals surface area (Å²) in [7, 11) is 0. The van der Waals surface area contributed by atoms with Crippen molar-refractivity contribution in [3.63, 3.8) is 0 Å². The summed E-state index contributed by atoms with van der Waals surface area (Å²) in [6.45, 7) is 0.966. The van der Waals surface area contributed by atoms with Gasteiger partial charge in [0.15, 0.2) is 0 Å². The zero-order valence-electron chi connectivity index (χ0n) is 9.77. The standard InChI is InChI=1S/C12H15FN2O3/c13-8-3-4-9(10(11(8)14)12(17)18)15-5-1-2-7(16)6-15/h3-4,7,16H,1-2,5-6,14H2,(H,17,18). The molecule has 5 nitrogen and oxygen atoms in total. The molecule has 1 aliphatic rings. The number of hydrogen-bond donors (Lipinski definition) is 3. The van der Waals surface area contributed by atoms with Gasteiger partial charge >= 0.3 is 5.97 Å². The molecule has 1 unspecified atom stereocenters. The predicted molar refractivity (Wildman–Crippen MR) is 65.2 cm³/mol. The Bertz CT molecular complexity index is 479. The van der Waals surface area contributed by atoms with Crippen LogP contribution in [-0.4, -0.2) is 35.4 Å². The van der Waals surface area contributed by atoms with Gasteiger partial charge in [0, 0.05) is 13.1 Å². The molecular formula is C12H15FN2O3. The fourth-order valence-corrected chi connectivity index (χ4v) is 2.24. The van der Waals surface area contributed by atoms with E-state index >= 15 is 0 Å². The zero-order valence-corrected chi connectivity index (χ0v) is 9.77. The van der Waals surface area contributed by atoms with Gasteiger partial charge < -0.3 is 20.8 Å². The Morgan fingerprint density at radius 3 is 2.83 bits per heavy atom. The van der Waals surface area contributed by atoms with Crippen molar-refractivity contribution in [3.05, 3.63) is 23.5 Å². The number of nitrogens with two attached hydrogens (primary N) is 1. The summed E-state index contributed by atoms with van der Waals surface area (Å²) >= 11 is 0.